The van der Waals surface area contributed by atoms with E-state index >= 15 is 0 Å². The van der Waals surface area contributed by atoms with Crippen LogP contribution in [0.5, 0.6) is 0 Å². The van der Waals surface area contributed by atoms with Crippen molar-refractivity contribution >= 4 is 11.9 Å². The number of halogens is 2. The number of piperidine rings is 2. The largest absolute Gasteiger partial charge is 0.341 e. The molecule has 6 nitrogen and oxygen atoms in total. The van der Waals surface area contributed by atoms with Gasteiger partial charge < -0.3 is 15.1 Å². The van der Waals surface area contributed by atoms with Crippen molar-refractivity contribution in [2.45, 2.75) is 38.1 Å². The fourth-order valence-corrected chi connectivity index (χ4v) is 5.73. The van der Waals surface area contributed by atoms with Crippen molar-refractivity contribution < 1.29 is 13.6 Å². The summed E-state index contributed by atoms with van der Waals surface area (Å²) in [6.07, 6.45) is 5.78. The minimum absolute atomic E-state index is 0.0884. The molecule has 170 valence electrons. The Labute approximate surface area is 187 Å². The van der Waals surface area contributed by atoms with Crippen LogP contribution in [0, 0.1) is 23.0 Å². The maximum atomic E-state index is 14.6. The molecule has 0 aliphatic carbocycles. The lowest BCUT2D eigenvalue weighted by molar-refractivity contribution is -0.144. The first-order chi connectivity index (χ1) is 15.5. The van der Waals surface area contributed by atoms with Crippen LogP contribution in [0.1, 0.15) is 37.7 Å². The SMILES string of the molecule is CC1(C(=O)N2C[C@H](c3ccc(F)cc3F)[C@H]3CNCC[C@H]32)CCN(c2ncccn2)CC1. The average molecular weight is 442 g/mol. The Hall–Kier alpha value is -2.61. The average Bonchev–Trinajstić information content (AvgIpc) is 3.19. The van der Waals surface area contributed by atoms with E-state index in [0.29, 0.717) is 18.1 Å². The molecule has 1 aromatic heterocycles. The van der Waals surface area contributed by atoms with Crippen molar-refractivity contribution in [3.8, 4) is 0 Å². The summed E-state index contributed by atoms with van der Waals surface area (Å²) < 4.78 is 28.1. The van der Waals surface area contributed by atoms with Gasteiger partial charge in [-0.2, -0.15) is 0 Å². The van der Waals surface area contributed by atoms with Gasteiger partial charge in [-0.3, -0.25) is 4.79 Å². The highest BCUT2D eigenvalue weighted by Gasteiger charge is 2.50. The van der Waals surface area contributed by atoms with Gasteiger partial charge in [0.2, 0.25) is 11.9 Å². The zero-order valence-electron chi connectivity index (χ0n) is 18.3. The number of rotatable bonds is 3. The molecule has 1 amide bonds. The van der Waals surface area contributed by atoms with E-state index in [2.05, 4.69) is 27.1 Å². The molecule has 2 aromatic rings. The van der Waals surface area contributed by atoms with E-state index in [9.17, 15) is 13.6 Å². The first-order valence-corrected chi connectivity index (χ1v) is 11.4. The molecule has 4 heterocycles. The van der Waals surface area contributed by atoms with Gasteiger partial charge in [-0.15, -0.1) is 0 Å². The molecular weight excluding hydrogens is 412 g/mol. The van der Waals surface area contributed by atoms with Crippen molar-refractivity contribution in [2.24, 2.45) is 11.3 Å². The van der Waals surface area contributed by atoms with E-state index in [-0.39, 0.29) is 23.8 Å². The molecule has 3 saturated heterocycles. The monoisotopic (exact) mass is 441 g/mol. The third kappa shape index (κ3) is 3.74. The molecule has 8 heteroatoms. The number of nitrogens with one attached hydrogen (secondary N) is 1. The summed E-state index contributed by atoms with van der Waals surface area (Å²) in [5.74, 6) is -0.220. The number of fused-ring (bicyclic) bond motifs is 1. The fraction of sp³-hybridized carbons (Fsp3) is 0.542. The quantitative estimate of drug-likeness (QED) is 0.794. The molecule has 5 rings (SSSR count). The van der Waals surface area contributed by atoms with Gasteiger partial charge >= 0.3 is 0 Å². The number of amides is 1. The first kappa shape index (κ1) is 21.2. The molecule has 1 N–H and O–H groups in total. The van der Waals surface area contributed by atoms with Crippen molar-refractivity contribution in [2.75, 3.05) is 37.6 Å². The van der Waals surface area contributed by atoms with Crippen LogP contribution in [0.25, 0.3) is 0 Å². The Morgan fingerprint density at radius 2 is 1.94 bits per heavy atom. The van der Waals surface area contributed by atoms with E-state index in [4.69, 9.17) is 0 Å². The minimum atomic E-state index is -0.572. The maximum absolute atomic E-state index is 14.6. The lowest BCUT2D eigenvalue weighted by atomic mass is 9.78. The van der Waals surface area contributed by atoms with Gasteiger partial charge in [0.1, 0.15) is 11.6 Å². The summed E-state index contributed by atoms with van der Waals surface area (Å²) in [5, 5.41) is 3.40. The van der Waals surface area contributed by atoms with Crippen LogP contribution in [-0.4, -0.2) is 59.5 Å². The molecular formula is C24H29F2N5O. The van der Waals surface area contributed by atoms with Gasteiger partial charge in [0.25, 0.3) is 0 Å². The summed E-state index contributed by atoms with van der Waals surface area (Å²) in [4.78, 5) is 26.6. The Kier molecular flexibility index (Phi) is 5.57. The number of carbonyl (C=O) groups excluding carboxylic acids is 1. The summed E-state index contributed by atoms with van der Waals surface area (Å²) >= 11 is 0. The predicted molar refractivity (Wildman–Crippen MR) is 117 cm³/mol. The van der Waals surface area contributed by atoms with Crippen LogP contribution >= 0.6 is 0 Å². The molecule has 3 fully saturated rings. The van der Waals surface area contributed by atoms with Gasteiger partial charge in [0.05, 0.1) is 0 Å². The molecule has 0 unspecified atom stereocenters. The van der Waals surface area contributed by atoms with Crippen LogP contribution in [0.15, 0.2) is 36.7 Å². The Bertz CT molecular complexity index is 980. The number of hydrogen-bond acceptors (Lipinski definition) is 5. The Morgan fingerprint density at radius 1 is 1.19 bits per heavy atom. The Morgan fingerprint density at radius 3 is 2.66 bits per heavy atom. The zero-order valence-corrected chi connectivity index (χ0v) is 18.3. The minimum Gasteiger partial charge on any atom is -0.341 e. The van der Waals surface area contributed by atoms with E-state index < -0.39 is 17.0 Å². The number of aromatic nitrogens is 2. The third-order valence-electron chi connectivity index (χ3n) is 7.64. The van der Waals surface area contributed by atoms with Gasteiger partial charge in [0, 0.05) is 67.9 Å². The Balaban J connectivity index is 1.35. The van der Waals surface area contributed by atoms with Crippen LogP contribution in [0.2, 0.25) is 0 Å². The zero-order chi connectivity index (χ0) is 22.3. The number of hydrogen-bond donors (Lipinski definition) is 1. The van der Waals surface area contributed by atoms with Crippen molar-refractivity contribution in [1.29, 1.82) is 0 Å². The normalized spacial score (nSPS) is 27.3. The summed E-state index contributed by atoms with van der Waals surface area (Å²) in [6.45, 7) is 5.59. The van der Waals surface area contributed by atoms with E-state index in [1.165, 1.54) is 6.07 Å². The molecule has 3 aliphatic heterocycles. The third-order valence-corrected chi connectivity index (χ3v) is 7.64. The van der Waals surface area contributed by atoms with Crippen molar-refractivity contribution in [3.63, 3.8) is 0 Å². The van der Waals surface area contributed by atoms with Gasteiger partial charge in [-0.1, -0.05) is 13.0 Å². The van der Waals surface area contributed by atoms with Crippen molar-refractivity contribution in [1.82, 2.24) is 20.2 Å². The summed E-state index contributed by atoms with van der Waals surface area (Å²) in [6, 6.07) is 5.70. The first-order valence-electron chi connectivity index (χ1n) is 11.4. The summed E-state index contributed by atoms with van der Waals surface area (Å²) in [7, 11) is 0. The van der Waals surface area contributed by atoms with Gasteiger partial charge in [-0.05, 0) is 43.5 Å². The highest BCUT2D eigenvalue weighted by molar-refractivity contribution is 5.83. The maximum Gasteiger partial charge on any atom is 0.228 e. The molecule has 3 aliphatic rings. The van der Waals surface area contributed by atoms with E-state index in [1.807, 2.05) is 4.90 Å². The number of carbonyl (C=O) groups is 1. The highest BCUT2D eigenvalue weighted by atomic mass is 19.1. The van der Waals surface area contributed by atoms with E-state index in [1.54, 1.807) is 24.5 Å². The molecule has 0 radical (unpaired) electrons. The topological polar surface area (TPSA) is 61.4 Å². The van der Waals surface area contributed by atoms with E-state index in [0.717, 1.165) is 51.5 Å². The molecule has 3 atom stereocenters. The number of nitrogens with zero attached hydrogens (tertiary/aromatic N) is 4. The van der Waals surface area contributed by atoms with Gasteiger partial charge in [0.15, 0.2) is 0 Å². The second kappa shape index (κ2) is 8.39. The molecule has 0 bridgehead atoms. The number of likely N-dealkylation sites (tertiary alicyclic amines) is 1. The summed E-state index contributed by atoms with van der Waals surface area (Å²) in [5.41, 5.74) is 0.0540. The number of anilines is 1. The molecule has 0 saturated carbocycles. The fourth-order valence-electron chi connectivity index (χ4n) is 5.73. The second-order valence-electron chi connectivity index (χ2n) is 9.55. The van der Waals surface area contributed by atoms with Crippen LogP contribution in [-0.2, 0) is 4.79 Å². The van der Waals surface area contributed by atoms with Crippen molar-refractivity contribution in [3.05, 3.63) is 53.9 Å². The smallest absolute Gasteiger partial charge is 0.228 e. The van der Waals surface area contributed by atoms with Crippen LogP contribution in [0.3, 0.4) is 0 Å². The predicted octanol–water partition coefficient (Wildman–Crippen LogP) is 2.97. The molecule has 1 aromatic carbocycles. The van der Waals surface area contributed by atoms with Crippen LogP contribution in [0.4, 0.5) is 14.7 Å². The standard InChI is InChI=1S/C24H29F2N5O/c1-24(6-11-30(12-7-24)23-28-8-2-9-29-23)22(32)31-15-19(18-14-27-10-5-21(18)31)17-4-3-16(25)13-20(17)26/h2-4,8-9,13,18-19,21,27H,5-7,10-12,14-15H2,1H3/t18-,19-,21-/m1/s1. The van der Waals surface area contributed by atoms with Gasteiger partial charge in [-0.25, -0.2) is 18.7 Å². The second-order valence-corrected chi connectivity index (χ2v) is 9.55. The molecule has 0 spiro atoms. The highest BCUT2D eigenvalue weighted by Crippen LogP contribution is 2.44. The van der Waals surface area contributed by atoms with Crippen LogP contribution < -0.4 is 10.2 Å². The lowest BCUT2D eigenvalue weighted by Crippen LogP contribution is -2.53. The lowest BCUT2D eigenvalue weighted by Gasteiger charge is -2.42. The molecule has 32 heavy (non-hydrogen) atoms. The number of benzene rings is 1.